The molecule has 152 valence electrons. The van der Waals surface area contributed by atoms with Crippen LogP contribution in [0.2, 0.25) is 0 Å². The van der Waals surface area contributed by atoms with E-state index in [-0.39, 0.29) is 4.21 Å². The Balaban J connectivity index is 2.04. The molecular formula is C21H23N3O3S2. The van der Waals surface area contributed by atoms with Gasteiger partial charge in [-0.1, -0.05) is 32.9 Å². The Morgan fingerprint density at radius 3 is 2.69 bits per heavy atom. The van der Waals surface area contributed by atoms with Crippen molar-refractivity contribution in [3.05, 3.63) is 58.5 Å². The molecule has 0 fully saturated rings. The van der Waals surface area contributed by atoms with Crippen molar-refractivity contribution in [3.63, 3.8) is 0 Å². The highest BCUT2D eigenvalue weighted by atomic mass is 32.3. The Bertz CT molecular complexity index is 1170. The summed E-state index contributed by atoms with van der Waals surface area (Å²) < 4.78 is 35.5. The number of nitriles is 1. The van der Waals surface area contributed by atoms with Crippen molar-refractivity contribution in [2.75, 3.05) is 0 Å². The maximum atomic E-state index is 11.9. The molecule has 2 heterocycles. The van der Waals surface area contributed by atoms with E-state index in [1.165, 1.54) is 0 Å². The highest BCUT2D eigenvalue weighted by Crippen LogP contribution is 2.37. The summed E-state index contributed by atoms with van der Waals surface area (Å²) in [6.45, 7) is 6.64. The van der Waals surface area contributed by atoms with Crippen molar-refractivity contribution in [2.45, 2.75) is 44.4 Å². The Morgan fingerprint density at radius 1 is 1.31 bits per heavy atom. The number of aromatic nitrogens is 2. The molecule has 29 heavy (non-hydrogen) atoms. The van der Waals surface area contributed by atoms with Crippen LogP contribution in [0, 0.1) is 17.2 Å². The number of aryl methyl sites for hydroxylation is 1. The minimum absolute atomic E-state index is 0.0762. The molecule has 3 rings (SSSR count). The molecule has 0 amide bonds. The first kappa shape index (κ1) is 21.2. The van der Waals surface area contributed by atoms with Gasteiger partial charge in [-0.2, -0.15) is 13.7 Å². The summed E-state index contributed by atoms with van der Waals surface area (Å²) in [5.41, 5.74) is 2.34. The molecule has 0 aliphatic rings. The summed E-state index contributed by atoms with van der Waals surface area (Å²) in [7, 11) is -4.35. The van der Waals surface area contributed by atoms with Crippen LogP contribution in [-0.2, 0) is 29.5 Å². The van der Waals surface area contributed by atoms with E-state index in [4.69, 9.17) is 0 Å². The quantitative estimate of drug-likeness (QED) is 0.556. The minimum atomic E-state index is -4.35. The van der Waals surface area contributed by atoms with Gasteiger partial charge in [-0.3, -0.25) is 4.55 Å². The second-order valence-corrected chi connectivity index (χ2v) is 10.0. The summed E-state index contributed by atoms with van der Waals surface area (Å²) in [6, 6.07) is 9.33. The van der Waals surface area contributed by atoms with Crippen LogP contribution in [0.5, 0.6) is 0 Å². The van der Waals surface area contributed by atoms with E-state index in [0.29, 0.717) is 29.2 Å². The van der Waals surface area contributed by atoms with Gasteiger partial charge in [0, 0.05) is 29.3 Å². The lowest BCUT2D eigenvalue weighted by Gasteiger charge is -2.10. The second-order valence-electron chi connectivity index (χ2n) is 7.30. The fraction of sp³-hybridized carbons (Fsp3) is 0.333. The molecule has 0 saturated heterocycles. The minimum Gasteiger partial charge on any atom is -0.330 e. The van der Waals surface area contributed by atoms with Crippen LogP contribution in [0.4, 0.5) is 0 Å². The fourth-order valence-corrected chi connectivity index (χ4v) is 5.60. The van der Waals surface area contributed by atoms with Crippen molar-refractivity contribution in [3.8, 4) is 17.2 Å². The Morgan fingerprint density at radius 2 is 2.07 bits per heavy atom. The molecule has 2 aromatic heterocycles. The predicted octanol–water partition coefficient (Wildman–Crippen LogP) is 4.54. The average Bonchev–Trinajstić information content (AvgIpc) is 3.28. The Hall–Kier alpha value is -2.47. The molecule has 3 aromatic rings. The van der Waals surface area contributed by atoms with E-state index >= 15 is 0 Å². The highest BCUT2D eigenvalue weighted by Gasteiger charge is 2.22. The van der Waals surface area contributed by atoms with Crippen LogP contribution in [0.1, 0.15) is 42.6 Å². The molecule has 1 aromatic carbocycles. The van der Waals surface area contributed by atoms with Gasteiger partial charge in [0.1, 0.15) is 5.82 Å². The Kier molecular flexibility index (Phi) is 6.22. The van der Waals surface area contributed by atoms with Gasteiger partial charge in [0.25, 0.3) is 0 Å². The fourth-order valence-electron chi connectivity index (χ4n) is 3.29. The number of hydrogen-bond donors (Lipinski definition) is 1. The van der Waals surface area contributed by atoms with Crippen molar-refractivity contribution in [2.24, 2.45) is 5.92 Å². The van der Waals surface area contributed by atoms with Crippen LogP contribution >= 0.6 is 11.3 Å². The molecule has 0 aliphatic heterocycles. The van der Waals surface area contributed by atoms with Crippen LogP contribution in [0.25, 0.3) is 11.1 Å². The molecule has 0 bridgehead atoms. The predicted molar refractivity (Wildman–Crippen MR) is 114 cm³/mol. The summed E-state index contributed by atoms with van der Waals surface area (Å²) >= 11 is 1.08. The Labute approximate surface area is 175 Å². The van der Waals surface area contributed by atoms with E-state index in [0.717, 1.165) is 40.4 Å². The third kappa shape index (κ3) is 4.75. The zero-order valence-electron chi connectivity index (χ0n) is 16.6. The topological polar surface area (TPSA) is 96.0 Å². The monoisotopic (exact) mass is 429 g/mol. The number of rotatable bonds is 7. The van der Waals surface area contributed by atoms with E-state index in [1.54, 1.807) is 24.4 Å². The molecule has 6 nitrogen and oxygen atoms in total. The zero-order valence-corrected chi connectivity index (χ0v) is 18.2. The first-order valence-electron chi connectivity index (χ1n) is 9.36. The number of imidazole rings is 1. The first-order valence-corrected chi connectivity index (χ1v) is 11.6. The standard InChI is InChI=1S/C21H23N3O3S2/c1-4-20-23-7-8-24(20)13-16-6-5-15(10-17(16)12-22)19-11-18(9-14(2)3)28-21(19)29(25,26)27/h5-8,10-11,14H,4,9,13H2,1-3H3,(H,25,26,27). The molecule has 0 radical (unpaired) electrons. The lowest BCUT2D eigenvalue weighted by atomic mass is 10.0. The van der Waals surface area contributed by atoms with Gasteiger partial charge >= 0.3 is 10.1 Å². The normalized spacial score (nSPS) is 11.7. The molecule has 1 N–H and O–H groups in total. The number of benzene rings is 1. The zero-order chi connectivity index (χ0) is 21.2. The number of nitrogens with zero attached hydrogens (tertiary/aromatic N) is 3. The summed E-state index contributed by atoms with van der Waals surface area (Å²) in [5, 5.41) is 9.66. The van der Waals surface area contributed by atoms with Crippen molar-refractivity contribution >= 4 is 21.5 Å². The molecule has 0 spiro atoms. The van der Waals surface area contributed by atoms with Crippen LogP contribution in [0.15, 0.2) is 40.9 Å². The molecule has 0 saturated carbocycles. The van der Waals surface area contributed by atoms with E-state index in [9.17, 15) is 18.2 Å². The maximum Gasteiger partial charge on any atom is 0.304 e. The molecular weight excluding hydrogens is 406 g/mol. The van der Waals surface area contributed by atoms with Gasteiger partial charge in [-0.15, -0.1) is 11.3 Å². The lowest BCUT2D eigenvalue weighted by molar-refractivity contribution is 0.486. The number of thiophene rings is 1. The third-order valence-corrected chi connectivity index (χ3v) is 7.12. The van der Waals surface area contributed by atoms with Crippen LogP contribution < -0.4 is 0 Å². The van der Waals surface area contributed by atoms with Gasteiger partial charge in [0.05, 0.1) is 18.2 Å². The lowest BCUT2D eigenvalue weighted by Crippen LogP contribution is -2.05. The first-order chi connectivity index (χ1) is 13.7. The molecule has 0 aliphatic carbocycles. The van der Waals surface area contributed by atoms with Gasteiger partial charge in [-0.05, 0) is 35.6 Å². The third-order valence-electron chi connectivity index (χ3n) is 4.59. The van der Waals surface area contributed by atoms with Crippen molar-refractivity contribution < 1.29 is 13.0 Å². The van der Waals surface area contributed by atoms with E-state index in [1.807, 2.05) is 23.8 Å². The molecule has 0 unspecified atom stereocenters. The van der Waals surface area contributed by atoms with Crippen molar-refractivity contribution in [1.29, 1.82) is 5.26 Å². The highest BCUT2D eigenvalue weighted by molar-refractivity contribution is 7.88. The number of hydrogen-bond acceptors (Lipinski definition) is 5. The SMILES string of the molecule is CCc1nccn1Cc1ccc(-c2cc(CC(C)C)sc2S(=O)(=O)O)cc1C#N. The summed E-state index contributed by atoms with van der Waals surface area (Å²) in [5.74, 6) is 1.29. The van der Waals surface area contributed by atoms with E-state index < -0.39 is 10.1 Å². The largest absolute Gasteiger partial charge is 0.330 e. The smallest absolute Gasteiger partial charge is 0.304 e. The van der Waals surface area contributed by atoms with Gasteiger partial charge in [0.15, 0.2) is 4.21 Å². The van der Waals surface area contributed by atoms with E-state index in [2.05, 4.69) is 24.9 Å². The summed E-state index contributed by atoms with van der Waals surface area (Å²) in [6.07, 6.45) is 5.12. The van der Waals surface area contributed by atoms with Gasteiger partial charge < -0.3 is 4.57 Å². The van der Waals surface area contributed by atoms with Gasteiger partial charge in [0.2, 0.25) is 0 Å². The molecule has 8 heteroatoms. The van der Waals surface area contributed by atoms with Crippen molar-refractivity contribution in [1.82, 2.24) is 9.55 Å². The van der Waals surface area contributed by atoms with Crippen LogP contribution in [0.3, 0.4) is 0 Å². The maximum absolute atomic E-state index is 11.9. The second kappa shape index (κ2) is 8.49. The average molecular weight is 430 g/mol. The molecule has 0 atom stereocenters. The van der Waals surface area contributed by atoms with Crippen LogP contribution in [-0.4, -0.2) is 22.5 Å². The summed E-state index contributed by atoms with van der Waals surface area (Å²) in [4.78, 5) is 5.19. The van der Waals surface area contributed by atoms with Gasteiger partial charge in [-0.25, -0.2) is 4.98 Å².